The van der Waals surface area contributed by atoms with Gasteiger partial charge in [0.25, 0.3) is 0 Å². The zero-order chi connectivity index (χ0) is 26.5. The first-order valence-corrected chi connectivity index (χ1v) is 14.0. The van der Waals surface area contributed by atoms with Crippen LogP contribution in [0.25, 0.3) is 0 Å². The van der Waals surface area contributed by atoms with E-state index in [1.807, 2.05) is 24.3 Å². The smallest absolute Gasteiger partial charge is 0.416 e. The number of carbonyl (C=O) groups excluding carboxylic acids is 2. The van der Waals surface area contributed by atoms with E-state index in [1.54, 1.807) is 18.9 Å². The maximum atomic E-state index is 13.7. The first kappa shape index (κ1) is 24.0. The normalized spacial score (nSPS) is 31.4. The molecule has 0 radical (unpaired) electrons. The van der Waals surface area contributed by atoms with Gasteiger partial charge >= 0.3 is 11.0 Å². The molecule has 2 aromatic carbocycles. The molecule has 2 aliphatic heterocycles. The zero-order valence-corrected chi connectivity index (χ0v) is 21.5. The number of ether oxygens (including phenoxy) is 1. The Morgan fingerprint density at radius 2 is 1.71 bits per heavy atom. The lowest BCUT2D eigenvalue weighted by Crippen LogP contribution is -2.42. The number of hydrogen-bond acceptors (Lipinski definition) is 6. The van der Waals surface area contributed by atoms with Crippen molar-refractivity contribution >= 4 is 40.6 Å². The maximum Gasteiger partial charge on any atom is 0.416 e. The van der Waals surface area contributed by atoms with Gasteiger partial charge < -0.3 is 9.72 Å². The van der Waals surface area contributed by atoms with Crippen molar-refractivity contribution in [2.24, 2.45) is 29.6 Å². The third-order valence-corrected chi connectivity index (χ3v) is 11.2. The molecular formula is C27H21F3N2O4S2. The molecule has 38 heavy (non-hydrogen) atoms. The lowest BCUT2D eigenvalue weighted by atomic mass is 9.68. The highest BCUT2D eigenvalue weighted by Crippen LogP contribution is 2.68. The number of carbonyl (C=O) groups is 2. The first-order valence-electron chi connectivity index (χ1n) is 12.3. The van der Waals surface area contributed by atoms with E-state index in [0.29, 0.717) is 12.2 Å². The van der Waals surface area contributed by atoms with Crippen molar-refractivity contribution in [1.29, 1.82) is 0 Å². The number of methoxy groups -OCH3 is 1. The number of thioether (sulfide) groups is 1. The van der Waals surface area contributed by atoms with Crippen LogP contribution >= 0.6 is 23.1 Å². The summed E-state index contributed by atoms with van der Waals surface area (Å²) >= 11 is 2.75. The minimum Gasteiger partial charge on any atom is -0.497 e. The summed E-state index contributed by atoms with van der Waals surface area (Å²) in [5, 5.41) is 0.807. The van der Waals surface area contributed by atoms with Gasteiger partial charge in [0.2, 0.25) is 11.8 Å². The number of fused-ring (bicyclic) bond motifs is 9. The Morgan fingerprint density at radius 3 is 2.39 bits per heavy atom. The molecule has 4 aliphatic rings. The standard InChI is InChI=1S/C27H21F3N2O4S2/c1-36-14-7-5-11(6-8-14)17-18-15-10-16(21(18)37-23-22(17)38-26(35)31-23)20-19(15)24(33)32(25(20)34)13-4-2-3-12(9-13)27(28,29)30/h2-9,15-21H,10H2,1H3,(H,31,35)/t15-,16-,17+,18-,19+,20+,21-/m1/s1. The van der Waals surface area contributed by atoms with Gasteiger partial charge in [-0.3, -0.25) is 19.3 Å². The lowest BCUT2D eigenvalue weighted by molar-refractivity contribution is -0.137. The molecule has 11 heteroatoms. The van der Waals surface area contributed by atoms with E-state index < -0.39 is 35.4 Å². The van der Waals surface area contributed by atoms with E-state index >= 15 is 0 Å². The fourth-order valence-corrected chi connectivity index (χ4v) is 10.2. The SMILES string of the molecule is COc1ccc([C@@H]2c3sc(=O)[nH]c3S[C@@H]3[C@@H]4C[C@@H]([C@@H]5C(=O)N(c6cccc(C(F)(F)F)c6)C(=O)[C@@H]45)[C@H]23)cc1. The number of thiazole rings is 1. The molecule has 2 bridgehead atoms. The molecule has 1 N–H and O–H groups in total. The van der Waals surface area contributed by atoms with Crippen molar-refractivity contribution < 1.29 is 27.5 Å². The minimum atomic E-state index is -4.58. The molecule has 0 unspecified atom stereocenters. The number of H-pyrrole nitrogens is 1. The van der Waals surface area contributed by atoms with Crippen LogP contribution in [-0.4, -0.2) is 29.2 Å². The number of nitrogens with one attached hydrogen (secondary N) is 1. The molecule has 3 fully saturated rings. The fourth-order valence-electron chi connectivity index (χ4n) is 7.28. The Hall–Kier alpha value is -3.05. The number of anilines is 1. The summed E-state index contributed by atoms with van der Waals surface area (Å²) in [5.41, 5.74) is 0.0791. The number of aromatic nitrogens is 1. The van der Waals surface area contributed by atoms with Crippen LogP contribution in [0.2, 0.25) is 0 Å². The third-order valence-electron chi connectivity index (χ3n) is 8.63. The quantitative estimate of drug-likeness (QED) is 0.451. The Bertz CT molecular complexity index is 1530. The molecule has 6 nitrogen and oxygen atoms in total. The average Bonchev–Trinajstić information content (AvgIpc) is 3.62. The molecule has 3 heterocycles. The topological polar surface area (TPSA) is 79.5 Å². The number of imide groups is 1. The van der Waals surface area contributed by atoms with E-state index in [1.165, 1.54) is 23.5 Å². The Labute approximate surface area is 223 Å². The predicted molar refractivity (Wildman–Crippen MR) is 135 cm³/mol. The molecule has 7 rings (SSSR count). The van der Waals surface area contributed by atoms with Crippen LogP contribution in [0.4, 0.5) is 18.9 Å². The van der Waals surface area contributed by atoms with Gasteiger partial charge in [0.05, 0.1) is 35.2 Å². The van der Waals surface area contributed by atoms with Gasteiger partial charge in [-0.1, -0.05) is 29.5 Å². The summed E-state index contributed by atoms with van der Waals surface area (Å²) in [6, 6.07) is 12.1. The molecule has 7 atom stereocenters. The van der Waals surface area contributed by atoms with E-state index in [-0.39, 0.29) is 39.5 Å². The molecule has 2 aliphatic carbocycles. The number of rotatable bonds is 3. The van der Waals surface area contributed by atoms with Gasteiger partial charge in [0.1, 0.15) is 5.75 Å². The largest absolute Gasteiger partial charge is 0.497 e. The van der Waals surface area contributed by atoms with Gasteiger partial charge in [-0.25, -0.2) is 0 Å². The van der Waals surface area contributed by atoms with Crippen LogP contribution in [0.15, 0.2) is 58.4 Å². The zero-order valence-electron chi connectivity index (χ0n) is 19.9. The average molecular weight is 559 g/mol. The van der Waals surface area contributed by atoms with E-state index in [0.717, 1.165) is 32.5 Å². The van der Waals surface area contributed by atoms with Gasteiger partial charge in [-0.05, 0) is 60.1 Å². The summed E-state index contributed by atoms with van der Waals surface area (Å²) in [5.74, 6) is -1.63. The van der Waals surface area contributed by atoms with Crippen molar-refractivity contribution in [2.45, 2.75) is 28.8 Å². The number of amides is 2. The van der Waals surface area contributed by atoms with Crippen molar-refractivity contribution in [3.8, 4) is 5.75 Å². The number of benzene rings is 2. The second-order valence-electron chi connectivity index (χ2n) is 10.3. The second-order valence-corrected chi connectivity index (χ2v) is 12.5. The van der Waals surface area contributed by atoms with Crippen LogP contribution in [0, 0.1) is 29.6 Å². The predicted octanol–water partition coefficient (Wildman–Crippen LogP) is 5.14. The third kappa shape index (κ3) is 3.30. The summed E-state index contributed by atoms with van der Waals surface area (Å²) in [6.45, 7) is 0. The Kier molecular flexibility index (Phi) is 5.20. The maximum absolute atomic E-state index is 13.7. The van der Waals surface area contributed by atoms with Crippen LogP contribution in [0.1, 0.15) is 28.3 Å². The van der Waals surface area contributed by atoms with Crippen LogP contribution in [0.3, 0.4) is 0 Å². The fraction of sp³-hybridized carbons (Fsp3) is 0.370. The number of aromatic amines is 1. The van der Waals surface area contributed by atoms with Crippen molar-refractivity contribution in [1.82, 2.24) is 4.98 Å². The Morgan fingerprint density at radius 1 is 1.00 bits per heavy atom. The molecule has 2 saturated carbocycles. The van der Waals surface area contributed by atoms with Gasteiger partial charge in [-0.2, -0.15) is 13.2 Å². The van der Waals surface area contributed by atoms with Crippen LogP contribution in [0.5, 0.6) is 5.75 Å². The molecular weight excluding hydrogens is 537 g/mol. The van der Waals surface area contributed by atoms with Crippen molar-refractivity contribution in [2.75, 3.05) is 12.0 Å². The highest BCUT2D eigenvalue weighted by molar-refractivity contribution is 8.00. The van der Waals surface area contributed by atoms with Crippen molar-refractivity contribution in [3.05, 3.63) is 74.2 Å². The minimum absolute atomic E-state index is 0.00399. The van der Waals surface area contributed by atoms with Gasteiger partial charge in [0.15, 0.2) is 0 Å². The molecule has 1 aromatic heterocycles. The van der Waals surface area contributed by atoms with Gasteiger partial charge in [0, 0.05) is 16.0 Å². The summed E-state index contributed by atoms with van der Waals surface area (Å²) in [6.07, 6.45) is -3.88. The Balaban J connectivity index is 1.29. The molecule has 2 amide bonds. The monoisotopic (exact) mass is 558 g/mol. The number of alkyl halides is 3. The first-order chi connectivity index (χ1) is 18.2. The number of hydrogen-bond donors (Lipinski definition) is 1. The highest BCUT2D eigenvalue weighted by atomic mass is 32.2. The van der Waals surface area contributed by atoms with E-state index in [9.17, 15) is 27.6 Å². The van der Waals surface area contributed by atoms with Crippen molar-refractivity contribution in [3.63, 3.8) is 0 Å². The highest BCUT2D eigenvalue weighted by Gasteiger charge is 2.69. The number of halogens is 3. The molecule has 1 saturated heterocycles. The summed E-state index contributed by atoms with van der Waals surface area (Å²) in [7, 11) is 1.59. The molecule has 3 aromatic rings. The van der Waals surface area contributed by atoms with E-state index in [2.05, 4.69) is 4.98 Å². The van der Waals surface area contributed by atoms with Crippen LogP contribution < -0.4 is 14.5 Å². The summed E-state index contributed by atoms with van der Waals surface area (Å²) in [4.78, 5) is 44.5. The molecule has 196 valence electrons. The lowest BCUT2D eigenvalue weighted by Gasteiger charge is -2.43. The van der Waals surface area contributed by atoms with E-state index in [4.69, 9.17) is 4.74 Å². The number of nitrogens with zero attached hydrogens (tertiary/aromatic N) is 1. The van der Waals surface area contributed by atoms with Gasteiger partial charge in [-0.15, -0.1) is 11.8 Å². The van der Waals surface area contributed by atoms with Crippen LogP contribution in [-0.2, 0) is 15.8 Å². The second kappa shape index (κ2) is 8.22. The molecule has 0 spiro atoms. The summed E-state index contributed by atoms with van der Waals surface area (Å²) < 4.78 is 45.4.